The summed E-state index contributed by atoms with van der Waals surface area (Å²) in [5.41, 5.74) is 2.61. The predicted molar refractivity (Wildman–Crippen MR) is 97.5 cm³/mol. The van der Waals surface area contributed by atoms with E-state index in [9.17, 15) is 4.79 Å². The second-order valence-electron chi connectivity index (χ2n) is 8.63. The fourth-order valence-corrected chi connectivity index (χ4v) is 7.77. The van der Waals surface area contributed by atoms with Crippen molar-refractivity contribution in [3.8, 4) is 0 Å². The zero-order chi connectivity index (χ0) is 17.4. The average Bonchev–Trinajstić information content (AvgIpc) is 3.30. The SMILES string of the molecule is CCC[C@]12C[C@@H](C(=O)OC)[C@]3(Nc4ccccc4[C@]34CCN[C@@H]14)C2C. The van der Waals surface area contributed by atoms with Gasteiger partial charge in [0.2, 0.25) is 0 Å². The molecule has 5 rings (SSSR count). The molecule has 2 aliphatic carbocycles. The van der Waals surface area contributed by atoms with E-state index in [4.69, 9.17) is 4.74 Å². The van der Waals surface area contributed by atoms with E-state index in [2.05, 4.69) is 48.7 Å². The number of nitrogens with one attached hydrogen (secondary N) is 2. The van der Waals surface area contributed by atoms with Gasteiger partial charge in [0, 0.05) is 17.1 Å². The number of carbonyl (C=O) groups is 1. The molecule has 3 fully saturated rings. The van der Waals surface area contributed by atoms with Gasteiger partial charge in [0.25, 0.3) is 0 Å². The second-order valence-corrected chi connectivity index (χ2v) is 8.63. The first-order valence-corrected chi connectivity index (χ1v) is 9.77. The number of esters is 1. The molecule has 1 aromatic rings. The highest BCUT2D eigenvalue weighted by Gasteiger charge is 2.84. The van der Waals surface area contributed by atoms with Crippen LogP contribution < -0.4 is 10.6 Å². The van der Waals surface area contributed by atoms with Crippen LogP contribution in [0.4, 0.5) is 5.69 Å². The summed E-state index contributed by atoms with van der Waals surface area (Å²) in [5.74, 6) is 0.340. The van der Waals surface area contributed by atoms with Crippen molar-refractivity contribution in [2.75, 3.05) is 19.0 Å². The first-order chi connectivity index (χ1) is 12.1. The standard InChI is InChI=1S/C21H28N2O2/c1-4-9-19-12-15(17(24)25-3)21(13(19)2)20(10-11-22-18(19)20)14-7-5-6-8-16(14)23-21/h5-8,13,15,18,22-23H,4,9-12H2,1-3H3/t13?,15-,18-,19+,20-,21+/m0/s1. The molecule has 2 heterocycles. The molecule has 2 N–H and O–H groups in total. The van der Waals surface area contributed by atoms with E-state index < -0.39 is 0 Å². The zero-order valence-corrected chi connectivity index (χ0v) is 15.4. The van der Waals surface area contributed by atoms with Crippen molar-refractivity contribution in [1.29, 1.82) is 0 Å². The Balaban J connectivity index is 1.79. The highest BCUT2D eigenvalue weighted by Crippen LogP contribution is 2.77. The Morgan fingerprint density at radius 3 is 2.92 bits per heavy atom. The fourth-order valence-electron chi connectivity index (χ4n) is 7.77. The molecule has 2 spiro atoms. The van der Waals surface area contributed by atoms with Crippen molar-refractivity contribution in [3.05, 3.63) is 29.8 Å². The van der Waals surface area contributed by atoms with Gasteiger partial charge in [-0.05, 0) is 48.8 Å². The maximum absolute atomic E-state index is 12.9. The molecular formula is C21H28N2O2. The average molecular weight is 340 g/mol. The van der Waals surface area contributed by atoms with E-state index in [1.54, 1.807) is 7.11 Å². The van der Waals surface area contributed by atoms with Crippen molar-refractivity contribution in [3.63, 3.8) is 0 Å². The third kappa shape index (κ3) is 1.42. The lowest BCUT2D eigenvalue weighted by Crippen LogP contribution is -2.62. The zero-order valence-electron chi connectivity index (χ0n) is 15.4. The number of benzene rings is 1. The topological polar surface area (TPSA) is 50.4 Å². The van der Waals surface area contributed by atoms with E-state index in [1.165, 1.54) is 17.7 Å². The van der Waals surface area contributed by atoms with Crippen LogP contribution in [0.1, 0.15) is 45.1 Å². The largest absolute Gasteiger partial charge is 0.469 e. The van der Waals surface area contributed by atoms with Crippen LogP contribution in [0.25, 0.3) is 0 Å². The minimum absolute atomic E-state index is 0.00921. The monoisotopic (exact) mass is 340 g/mol. The van der Waals surface area contributed by atoms with Crippen LogP contribution in [0.2, 0.25) is 0 Å². The number of carbonyl (C=O) groups excluding carboxylic acids is 1. The van der Waals surface area contributed by atoms with E-state index in [1.807, 2.05) is 0 Å². The Bertz CT molecular complexity index is 749. The predicted octanol–water partition coefficient (Wildman–Crippen LogP) is 3.08. The molecule has 4 nitrogen and oxygen atoms in total. The van der Waals surface area contributed by atoms with Crippen molar-refractivity contribution in [2.24, 2.45) is 17.3 Å². The van der Waals surface area contributed by atoms with Crippen LogP contribution >= 0.6 is 0 Å². The highest BCUT2D eigenvalue weighted by atomic mass is 16.5. The Morgan fingerprint density at radius 1 is 1.36 bits per heavy atom. The number of fused-ring (bicyclic) bond motifs is 3. The summed E-state index contributed by atoms with van der Waals surface area (Å²) in [5, 5.41) is 7.81. The Kier molecular flexibility index (Phi) is 3.00. The summed E-state index contributed by atoms with van der Waals surface area (Å²) >= 11 is 0. The summed E-state index contributed by atoms with van der Waals surface area (Å²) < 4.78 is 5.31. The van der Waals surface area contributed by atoms with E-state index in [-0.39, 0.29) is 28.3 Å². The number of methoxy groups -OCH3 is 1. The Hall–Kier alpha value is -1.55. The molecular weight excluding hydrogens is 312 g/mol. The molecule has 2 bridgehead atoms. The molecule has 6 atom stereocenters. The lowest BCUT2D eigenvalue weighted by Gasteiger charge is -2.48. The van der Waals surface area contributed by atoms with E-state index in [0.29, 0.717) is 12.0 Å². The van der Waals surface area contributed by atoms with E-state index >= 15 is 0 Å². The number of anilines is 1. The van der Waals surface area contributed by atoms with Crippen LogP contribution in [-0.2, 0) is 14.9 Å². The van der Waals surface area contributed by atoms with Gasteiger partial charge in [0.15, 0.2) is 0 Å². The molecule has 0 radical (unpaired) electrons. The minimum Gasteiger partial charge on any atom is -0.469 e. The summed E-state index contributed by atoms with van der Waals surface area (Å²) in [4.78, 5) is 12.9. The van der Waals surface area contributed by atoms with Gasteiger partial charge in [-0.3, -0.25) is 4.79 Å². The van der Waals surface area contributed by atoms with Gasteiger partial charge in [0.1, 0.15) is 0 Å². The quantitative estimate of drug-likeness (QED) is 0.830. The number of rotatable bonds is 3. The number of para-hydroxylation sites is 1. The van der Waals surface area contributed by atoms with Gasteiger partial charge < -0.3 is 15.4 Å². The molecule has 25 heavy (non-hydrogen) atoms. The summed E-state index contributed by atoms with van der Waals surface area (Å²) in [6.45, 7) is 5.70. The van der Waals surface area contributed by atoms with Crippen molar-refractivity contribution in [2.45, 2.75) is 56.5 Å². The molecule has 1 saturated heterocycles. The number of ether oxygens (including phenoxy) is 1. The maximum Gasteiger partial charge on any atom is 0.311 e. The molecule has 0 amide bonds. The van der Waals surface area contributed by atoms with Gasteiger partial charge in [0.05, 0.1) is 18.6 Å². The summed E-state index contributed by atoms with van der Waals surface area (Å²) in [6.07, 6.45) is 4.37. The second kappa shape index (κ2) is 4.79. The van der Waals surface area contributed by atoms with Crippen LogP contribution in [0.15, 0.2) is 24.3 Å². The maximum atomic E-state index is 12.9. The van der Waals surface area contributed by atoms with Gasteiger partial charge in [-0.15, -0.1) is 0 Å². The van der Waals surface area contributed by atoms with Crippen molar-refractivity contribution >= 4 is 11.7 Å². The molecule has 0 aromatic heterocycles. The van der Waals surface area contributed by atoms with Crippen LogP contribution in [0, 0.1) is 17.3 Å². The van der Waals surface area contributed by atoms with Crippen molar-refractivity contribution < 1.29 is 9.53 Å². The molecule has 134 valence electrons. The minimum atomic E-state index is -0.215. The fraction of sp³-hybridized carbons (Fsp3) is 0.667. The Labute approximate surface area is 149 Å². The van der Waals surface area contributed by atoms with Crippen LogP contribution in [-0.4, -0.2) is 31.2 Å². The number of hydrogen-bond acceptors (Lipinski definition) is 4. The third-order valence-electron chi connectivity index (χ3n) is 8.30. The number of hydrogen-bond donors (Lipinski definition) is 2. The van der Waals surface area contributed by atoms with E-state index in [0.717, 1.165) is 25.8 Å². The summed E-state index contributed by atoms with van der Waals surface area (Å²) in [7, 11) is 1.54. The molecule has 2 saturated carbocycles. The first-order valence-electron chi connectivity index (χ1n) is 9.77. The molecule has 1 unspecified atom stereocenters. The molecule has 2 aliphatic heterocycles. The normalized spacial score (nSPS) is 45.6. The molecule has 1 aromatic carbocycles. The third-order valence-corrected chi connectivity index (χ3v) is 8.30. The smallest absolute Gasteiger partial charge is 0.311 e. The molecule has 4 heteroatoms. The van der Waals surface area contributed by atoms with Gasteiger partial charge >= 0.3 is 5.97 Å². The summed E-state index contributed by atoms with van der Waals surface area (Å²) in [6, 6.07) is 9.18. The van der Waals surface area contributed by atoms with Gasteiger partial charge in [-0.1, -0.05) is 38.5 Å². The lowest BCUT2D eigenvalue weighted by molar-refractivity contribution is -0.149. The van der Waals surface area contributed by atoms with Gasteiger partial charge in [-0.2, -0.15) is 0 Å². The Morgan fingerprint density at radius 2 is 2.16 bits per heavy atom. The first kappa shape index (κ1) is 15.7. The van der Waals surface area contributed by atoms with Crippen LogP contribution in [0.5, 0.6) is 0 Å². The molecule has 4 aliphatic rings. The lowest BCUT2D eigenvalue weighted by atomic mass is 9.57. The van der Waals surface area contributed by atoms with Gasteiger partial charge in [-0.25, -0.2) is 0 Å². The van der Waals surface area contributed by atoms with Crippen LogP contribution in [0.3, 0.4) is 0 Å². The van der Waals surface area contributed by atoms with Crippen molar-refractivity contribution in [1.82, 2.24) is 5.32 Å². The highest BCUT2D eigenvalue weighted by molar-refractivity contribution is 5.82.